The number of nitrogens with one attached hydrogen (secondary N) is 2. The lowest BCUT2D eigenvalue weighted by Gasteiger charge is -2.39. The average Bonchev–Trinajstić information content (AvgIpc) is 2.54. The molecule has 3 amide bonds. The summed E-state index contributed by atoms with van der Waals surface area (Å²) in [5, 5.41) is 5.46. The molecule has 1 aromatic rings. The lowest BCUT2D eigenvalue weighted by atomic mass is 10.2. The number of amides is 3. The van der Waals surface area contributed by atoms with Gasteiger partial charge in [0, 0.05) is 37.1 Å². The summed E-state index contributed by atoms with van der Waals surface area (Å²) in [6, 6.07) is 7.02. The van der Waals surface area contributed by atoms with Crippen LogP contribution in [0.3, 0.4) is 0 Å². The summed E-state index contributed by atoms with van der Waals surface area (Å²) in [6.45, 7) is 7.66. The SMILES string of the molecule is CCN1CCN(C(=O)Nc2cccc(NC(=O)OC)c2)C(C)C1. The second-order valence-corrected chi connectivity index (χ2v) is 5.56. The van der Waals surface area contributed by atoms with E-state index in [1.807, 2.05) is 4.90 Å². The van der Waals surface area contributed by atoms with Gasteiger partial charge in [-0.25, -0.2) is 9.59 Å². The van der Waals surface area contributed by atoms with Crippen molar-refractivity contribution in [3.05, 3.63) is 24.3 Å². The highest BCUT2D eigenvalue weighted by atomic mass is 16.5. The van der Waals surface area contributed by atoms with Crippen LogP contribution in [0.2, 0.25) is 0 Å². The summed E-state index contributed by atoms with van der Waals surface area (Å²) in [5.41, 5.74) is 1.20. The van der Waals surface area contributed by atoms with Crippen molar-refractivity contribution in [3.8, 4) is 0 Å². The summed E-state index contributed by atoms with van der Waals surface area (Å²) < 4.78 is 4.55. The van der Waals surface area contributed by atoms with E-state index in [2.05, 4.69) is 34.1 Å². The molecule has 126 valence electrons. The van der Waals surface area contributed by atoms with Crippen molar-refractivity contribution in [3.63, 3.8) is 0 Å². The molecule has 0 saturated carbocycles. The van der Waals surface area contributed by atoms with Crippen LogP contribution >= 0.6 is 0 Å². The van der Waals surface area contributed by atoms with Crippen LogP contribution in [0.5, 0.6) is 0 Å². The topological polar surface area (TPSA) is 73.9 Å². The summed E-state index contributed by atoms with van der Waals surface area (Å²) in [6.07, 6.45) is -0.544. The molecule has 23 heavy (non-hydrogen) atoms. The number of hydrogen-bond acceptors (Lipinski definition) is 4. The van der Waals surface area contributed by atoms with E-state index in [1.165, 1.54) is 7.11 Å². The molecule has 1 unspecified atom stereocenters. The Kier molecular flexibility index (Phi) is 5.81. The second-order valence-electron chi connectivity index (χ2n) is 5.56. The number of anilines is 2. The van der Waals surface area contributed by atoms with Crippen molar-refractivity contribution in [2.45, 2.75) is 19.9 Å². The molecule has 0 aliphatic carbocycles. The molecule has 0 spiro atoms. The Labute approximate surface area is 136 Å². The molecule has 1 aliphatic heterocycles. The van der Waals surface area contributed by atoms with Crippen LogP contribution in [0.15, 0.2) is 24.3 Å². The van der Waals surface area contributed by atoms with E-state index >= 15 is 0 Å². The van der Waals surface area contributed by atoms with Crippen molar-refractivity contribution in [2.24, 2.45) is 0 Å². The summed E-state index contributed by atoms with van der Waals surface area (Å²) in [4.78, 5) is 27.8. The number of hydrogen-bond donors (Lipinski definition) is 2. The van der Waals surface area contributed by atoms with E-state index in [0.29, 0.717) is 17.9 Å². The fourth-order valence-corrected chi connectivity index (χ4v) is 2.66. The number of nitrogens with zero attached hydrogens (tertiary/aromatic N) is 2. The van der Waals surface area contributed by atoms with Gasteiger partial charge in [-0.2, -0.15) is 0 Å². The number of piperazine rings is 1. The van der Waals surface area contributed by atoms with E-state index in [1.54, 1.807) is 24.3 Å². The molecule has 1 saturated heterocycles. The monoisotopic (exact) mass is 320 g/mol. The van der Waals surface area contributed by atoms with Crippen LogP contribution in [-0.4, -0.2) is 61.3 Å². The van der Waals surface area contributed by atoms with Crippen molar-refractivity contribution < 1.29 is 14.3 Å². The van der Waals surface area contributed by atoms with Gasteiger partial charge in [-0.15, -0.1) is 0 Å². The highest BCUT2D eigenvalue weighted by Crippen LogP contribution is 2.17. The van der Waals surface area contributed by atoms with Crippen molar-refractivity contribution in [1.29, 1.82) is 0 Å². The summed E-state index contributed by atoms with van der Waals surface area (Å²) >= 11 is 0. The smallest absolute Gasteiger partial charge is 0.411 e. The van der Waals surface area contributed by atoms with E-state index in [-0.39, 0.29) is 12.1 Å². The molecular weight excluding hydrogens is 296 g/mol. The minimum atomic E-state index is -0.544. The average molecular weight is 320 g/mol. The van der Waals surface area contributed by atoms with Crippen LogP contribution in [0.25, 0.3) is 0 Å². The van der Waals surface area contributed by atoms with Crippen LogP contribution in [0.4, 0.5) is 21.0 Å². The van der Waals surface area contributed by atoms with Crippen LogP contribution in [-0.2, 0) is 4.74 Å². The van der Waals surface area contributed by atoms with Crippen molar-refractivity contribution in [2.75, 3.05) is 43.9 Å². The lowest BCUT2D eigenvalue weighted by molar-refractivity contribution is 0.112. The molecule has 7 heteroatoms. The number of carbonyl (C=O) groups is 2. The third kappa shape index (κ3) is 4.59. The molecule has 2 N–H and O–H groups in total. The molecule has 1 fully saturated rings. The first-order valence-corrected chi connectivity index (χ1v) is 7.78. The van der Waals surface area contributed by atoms with Gasteiger partial charge in [0.2, 0.25) is 0 Å². The molecule has 1 atom stereocenters. The van der Waals surface area contributed by atoms with Crippen molar-refractivity contribution in [1.82, 2.24) is 9.80 Å². The zero-order valence-corrected chi connectivity index (χ0v) is 13.8. The van der Waals surface area contributed by atoms with Gasteiger partial charge in [-0.3, -0.25) is 10.2 Å². The number of urea groups is 1. The Morgan fingerprint density at radius 1 is 1.26 bits per heavy atom. The van der Waals surface area contributed by atoms with Gasteiger partial charge in [0.1, 0.15) is 0 Å². The fourth-order valence-electron chi connectivity index (χ4n) is 2.66. The summed E-state index contributed by atoms with van der Waals surface area (Å²) in [7, 11) is 1.30. The standard InChI is InChI=1S/C16H24N4O3/c1-4-19-8-9-20(12(2)11-19)15(21)17-13-6-5-7-14(10-13)18-16(22)23-3/h5-7,10,12H,4,8-9,11H2,1-3H3,(H,17,21)(H,18,22). The maximum atomic E-state index is 12.4. The van der Waals surface area contributed by atoms with E-state index in [4.69, 9.17) is 0 Å². The van der Waals surface area contributed by atoms with E-state index in [0.717, 1.165) is 19.6 Å². The number of methoxy groups -OCH3 is 1. The highest BCUT2D eigenvalue weighted by Gasteiger charge is 2.26. The number of ether oxygens (including phenoxy) is 1. The number of carbonyl (C=O) groups excluding carboxylic acids is 2. The predicted molar refractivity (Wildman–Crippen MR) is 89.8 cm³/mol. The van der Waals surface area contributed by atoms with Crippen molar-refractivity contribution >= 4 is 23.5 Å². The molecule has 1 heterocycles. The number of likely N-dealkylation sites (N-methyl/N-ethyl adjacent to an activating group) is 1. The van der Waals surface area contributed by atoms with Gasteiger partial charge in [-0.1, -0.05) is 13.0 Å². The fraction of sp³-hybridized carbons (Fsp3) is 0.500. The maximum absolute atomic E-state index is 12.4. The van der Waals surface area contributed by atoms with Crippen LogP contribution in [0.1, 0.15) is 13.8 Å². The largest absolute Gasteiger partial charge is 0.453 e. The number of benzene rings is 1. The first-order valence-electron chi connectivity index (χ1n) is 7.78. The molecule has 0 bridgehead atoms. The first kappa shape index (κ1) is 17.1. The predicted octanol–water partition coefficient (Wildman–Crippen LogP) is 2.42. The Hall–Kier alpha value is -2.28. The molecule has 1 aromatic carbocycles. The van der Waals surface area contributed by atoms with Gasteiger partial charge in [0.15, 0.2) is 0 Å². The zero-order valence-electron chi connectivity index (χ0n) is 13.8. The maximum Gasteiger partial charge on any atom is 0.411 e. The lowest BCUT2D eigenvalue weighted by Crippen LogP contribution is -2.54. The van der Waals surface area contributed by atoms with Crippen LogP contribution < -0.4 is 10.6 Å². The summed E-state index contributed by atoms with van der Waals surface area (Å²) in [5.74, 6) is 0. The Balaban J connectivity index is 1.97. The molecule has 0 aromatic heterocycles. The van der Waals surface area contributed by atoms with Gasteiger partial charge >= 0.3 is 12.1 Å². The van der Waals surface area contributed by atoms with Gasteiger partial charge in [0.05, 0.1) is 7.11 Å². The van der Waals surface area contributed by atoms with E-state index < -0.39 is 6.09 Å². The normalized spacial score (nSPS) is 18.4. The minimum Gasteiger partial charge on any atom is -0.453 e. The quantitative estimate of drug-likeness (QED) is 0.897. The third-order valence-corrected chi connectivity index (χ3v) is 3.97. The second kappa shape index (κ2) is 7.82. The third-order valence-electron chi connectivity index (χ3n) is 3.97. The van der Waals surface area contributed by atoms with Gasteiger partial charge in [-0.05, 0) is 31.7 Å². The van der Waals surface area contributed by atoms with E-state index in [9.17, 15) is 9.59 Å². The Bertz CT molecular complexity index is 564. The molecule has 1 aliphatic rings. The van der Waals surface area contributed by atoms with Gasteiger partial charge < -0.3 is 15.0 Å². The molecule has 2 rings (SSSR count). The van der Waals surface area contributed by atoms with Crippen LogP contribution in [0, 0.1) is 0 Å². The number of rotatable bonds is 3. The van der Waals surface area contributed by atoms with Gasteiger partial charge in [0.25, 0.3) is 0 Å². The molecule has 7 nitrogen and oxygen atoms in total. The minimum absolute atomic E-state index is 0.122. The Morgan fingerprint density at radius 3 is 2.57 bits per heavy atom. The Morgan fingerprint density at radius 2 is 1.96 bits per heavy atom. The first-order chi connectivity index (χ1) is 11.0. The molecular formula is C16H24N4O3. The zero-order chi connectivity index (χ0) is 16.8. The highest BCUT2D eigenvalue weighted by molar-refractivity contribution is 5.91. The molecule has 0 radical (unpaired) electrons.